The Morgan fingerprint density at radius 3 is 1.31 bits per heavy atom. The summed E-state index contributed by atoms with van der Waals surface area (Å²) in [5.41, 5.74) is 7.63. The standard InChI is InChI=1S/C46H54N8O6S4/c1-25(2)37(51-43(57)59-5)41(55)53-23-45(61-15-16-62-45)21-35(53)39-47-31-13-11-29(19-33(31)49-39)27-7-9-28(10-8-27)30-12-14-32-34(20-30)50-40(48-32)36-22-46(63-17-18-64-46)24-54(36)42(56)38(26(3)4)52-44(58)60-6/h7-14,19-20,25-26,35-38H,15-18,21-24H2,1-6H3,(H,47,49)(H,48,50)(H,51,57)(H,52,58). The molecule has 6 heterocycles. The van der Waals surface area contributed by atoms with Crippen LogP contribution in [0, 0.1) is 11.8 Å². The highest BCUT2D eigenvalue weighted by Crippen LogP contribution is 2.56. The number of rotatable bonds is 10. The largest absolute Gasteiger partial charge is 0.453 e. The number of H-pyrrole nitrogens is 2. The molecule has 0 radical (unpaired) electrons. The second-order valence-corrected chi connectivity index (χ2v) is 24.0. The van der Waals surface area contributed by atoms with Crippen LogP contribution in [-0.2, 0) is 19.1 Å². The lowest BCUT2D eigenvalue weighted by Crippen LogP contribution is -2.51. The molecule has 64 heavy (non-hydrogen) atoms. The van der Waals surface area contributed by atoms with Gasteiger partial charge in [-0.15, -0.1) is 47.0 Å². The molecule has 2 spiro atoms. The van der Waals surface area contributed by atoms with E-state index >= 15 is 0 Å². The zero-order valence-electron chi connectivity index (χ0n) is 36.8. The molecule has 2 aromatic heterocycles. The Kier molecular flexibility index (Phi) is 12.6. The van der Waals surface area contributed by atoms with E-state index in [9.17, 15) is 19.2 Å². The van der Waals surface area contributed by atoms with Crippen LogP contribution in [0.4, 0.5) is 9.59 Å². The lowest BCUT2D eigenvalue weighted by Gasteiger charge is -2.30. The van der Waals surface area contributed by atoms with Gasteiger partial charge in [-0.2, -0.15) is 0 Å². The molecule has 3 aromatic carbocycles. The summed E-state index contributed by atoms with van der Waals surface area (Å²) in [6.45, 7) is 8.88. The normalized spacial score (nSPS) is 21.1. The number of ether oxygens (including phenoxy) is 2. The number of fused-ring (bicyclic) bond motifs is 2. The highest BCUT2D eigenvalue weighted by Gasteiger charge is 2.53. The first-order valence-corrected chi connectivity index (χ1v) is 25.7. The van der Waals surface area contributed by atoms with E-state index in [1.807, 2.05) is 96.7 Å². The number of likely N-dealkylation sites (tertiary alicyclic amines) is 2. The molecule has 4 amide bonds. The minimum atomic E-state index is -0.718. The Labute approximate surface area is 389 Å². The highest BCUT2D eigenvalue weighted by molar-refractivity contribution is 8.21. The van der Waals surface area contributed by atoms with Gasteiger partial charge >= 0.3 is 12.2 Å². The van der Waals surface area contributed by atoms with Crippen molar-refractivity contribution >= 4 is 93.1 Å². The third-order valence-electron chi connectivity index (χ3n) is 12.7. The van der Waals surface area contributed by atoms with Crippen molar-refractivity contribution in [2.24, 2.45) is 11.8 Å². The average Bonchev–Trinajstić information content (AvgIpc) is 4.17. The molecule has 18 heteroatoms. The highest BCUT2D eigenvalue weighted by atomic mass is 32.2. The van der Waals surface area contributed by atoms with Crippen LogP contribution in [0.3, 0.4) is 0 Å². The maximum atomic E-state index is 14.2. The van der Waals surface area contributed by atoms with Crippen LogP contribution in [0.25, 0.3) is 44.3 Å². The lowest BCUT2D eigenvalue weighted by molar-refractivity contribution is -0.136. The van der Waals surface area contributed by atoms with Crippen LogP contribution in [0.1, 0.15) is 64.3 Å². The number of alkyl carbamates (subject to hydrolysis) is 2. The molecule has 14 nitrogen and oxygen atoms in total. The molecule has 9 rings (SSSR count). The van der Waals surface area contributed by atoms with Crippen molar-refractivity contribution in [2.75, 3.05) is 50.3 Å². The van der Waals surface area contributed by atoms with E-state index in [0.29, 0.717) is 13.1 Å². The molecule has 4 aliphatic rings. The Hall–Kier alpha value is -4.52. The number of aromatic nitrogens is 4. The van der Waals surface area contributed by atoms with Gasteiger partial charge in [-0.25, -0.2) is 19.6 Å². The van der Waals surface area contributed by atoms with E-state index in [1.54, 1.807) is 0 Å². The Morgan fingerprint density at radius 1 is 0.609 bits per heavy atom. The number of nitrogens with zero attached hydrogens (tertiary/aromatic N) is 4. The SMILES string of the molecule is COC(=O)NC(C(=O)N1CC2(CC1c1nc3ccc(-c4ccc(-c5ccc6nc(C7CC8(CN7C(=O)C(NC(=O)OC)C(C)C)SCCS8)[nH]c6c5)cc4)cc3[nH]1)SCCS2)C(C)C. The summed E-state index contributed by atoms with van der Waals surface area (Å²) in [5, 5.41) is 5.55. The average molecular weight is 943 g/mol. The maximum Gasteiger partial charge on any atom is 0.407 e. The molecular formula is C46H54N8O6S4. The monoisotopic (exact) mass is 942 g/mol. The van der Waals surface area contributed by atoms with Gasteiger partial charge in [0.05, 0.1) is 56.5 Å². The van der Waals surface area contributed by atoms with Gasteiger partial charge in [0.15, 0.2) is 0 Å². The molecule has 338 valence electrons. The number of benzene rings is 3. The van der Waals surface area contributed by atoms with Crippen LogP contribution < -0.4 is 10.6 Å². The first kappa shape index (κ1) is 44.7. The van der Waals surface area contributed by atoms with E-state index in [0.717, 1.165) is 91.8 Å². The van der Waals surface area contributed by atoms with Gasteiger partial charge in [0.2, 0.25) is 11.8 Å². The van der Waals surface area contributed by atoms with Crippen LogP contribution in [0.15, 0.2) is 60.7 Å². The van der Waals surface area contributed by atoms with E-state index in [4.69, 9.17) is 19.4 Å². The molecule has 5 aromatic rings. The Balaban J connectivity index is 0.945. The van der Waals surface area contributed by atoms with Crippen molar-refractivity contribution in [1.82, 2.24) is 40.4 Å². The quantitative estimate of drug-likeness (QED) is 0.105. The first-order valence-electron chi connectivity index (χ1n) is 21.7. The van der Waals surface area contributed by atoms with Crippen molar-refractivity contribution in [2.45, 2.75) is 72.9 Å². The third kappa shape index (κ3) is 8.66. The van der Waals surface area contributed by atoms with E-state index in [2.05, 4.69) is 69.1 Å². The molecule has 4 unspecified atom stereocenters. The number of aromatic amines is 2. The number of carbonyl (C=O) groups is 4. The number of nitrogens with one attached hydrogen (secondary N) is 4. The van der Waals surface area contributed by atoms with E-state index < -0.39 is 24.3 Å². The van der Waals surface area contributed by atoms with Crippen molar-refractivity contribution in [1.29, 1.82) is 0 Å². The van der Waals surface area contributed by atoms with Crippen LogP contribution in [0.5, 0.6) is 0 Å². The summed E-state index contributed by atoms with van der Waals surface area (Å²) >= 11 is 7.65. The number of amides is 4. The van der Waals surface area contributed by atoms with Crippen LogP contribution in [-0.4, -0.2) is 124 Å². The minimum absolute atomic E-state index is 0.110. The van der Waals surface area contributed by atoms with Gasteiger partial charge in [0.1, 0.15) is 23.7 Å². The van der Waals surface area contributed by atoms with E-state index in [1.165, 1.54) is 14.2 Å². The van der Waals surface area contributed by atoms with Gasteiger partial charge in [-0.3, -0.25) is 9.59 Å². The van der Waals surface area contributed by atoms with Gasteiger partial charge in [0.25, 0.3) is 0 Å². The van der Waals surface area contributed by atoms with Crippen molar-refractivity contribution in [3.05, 3.63) is 72.3 Å². The molecule has 0 aliphatic carbocycles. The van der Waals surface area contributed by atoms with Gasteiger partial charge in [0, 0.05) is 48.9 Å². The number of thioether (sulfide) groups is 4. The molecule has 4 atom stereocenters. The topological polar surface area (TPSA) is 175 Å². The zero-order chi connectivity index (χ0) is 44.9. The number of imidazole rings is 2. The fourth-order valence-electron chi connectivity index (χ4n) is 9.39. The number of hydrogen-bond donors (Lipinski definition) is 4. The second kappa shape index (κ2) is 18.0. The Bertz CT molecular complexity index is 2390. The lowest BCUT2D eigenvalue weighted by atomic mass is 10.00. The minimum Gasteiger partial charge on any atom is -0.453 e. The first-order chi connectivity index (χ1) is 30.8. The number of methoxy groups -OCH3 is 2. The molecule has 4 aliphatic heterocycles. The van der Waals surface area contributed by atoms with E-state index in [-0.39, 0.29) is 43.9 Å². The predicted octanol–water partition coefficient (Wildman–Crippen LogP) is 8.43. The number of carbonyl (C=O) groups excluding carboxylic acids is 4. The summed E-state index contributed by atoms with van der Waals surface area (Å²) < 4.78 is 9.51. The molecule has 4 fully saturated rings. The summed E-state index contributed by atoms with van der Waals surface area (Å²) in [5.74, 6) is 5.13. The Morgan fingerprint density at radius 2 is 0.969 bits per heavy atom. The van der Waals surface area contributed by atoms with Crippen LogP contribution in [0.2, 0.25) is 0 Å². The molecule has 4 saturated heterocycles. The summed E-state index contributed by atoms with van der Waals surface area (Å²) in [7, 11) is 2.62. The third-order valence-corrected chi connectivity index (χ3v) is 19.6. The second-order valence-electron chi connectivity index (χ2n) is 17.6. The van der Waals surface area contributed by atoms with Gasteiger partial charge < -0.3 is 39.9 Å². The van der Waals surface area contributed by atoms with Gasteiger partial charge in [-0.05, 0) is 58.4 Å². The van der Waals surface area contributed by atoms with Gasteiger partial charge in [-0.1, -0.05) is 64.1 Å². The maximum absolute atomic E-state index is 14.2. The summed E-state index contributed by atoms with van der Waals surface area (Å²) in [6, 6.07) is 19.0. The smallest absolute Gasteiger partial charge is 0.407 e. The molecular weight excluding hydrogens is 889 g/mol. The van der Waals surface area contributed by atoms with Crippen LogP contribution >= 0.6 is 47.0 Å². The molecule has 0 saturated carbocycles. The zero-order valence-corrected chi connectivity index (χ0v) is 40.0. The summed E-state index contributed by atoms with van der Waals surface area (Å²) in [4.78, 5) is 73.9. The van der Waals surface area contributed by atoms with Crippen molar-refractivity contribution in [3.63, 3.8) is 0 Å². The molecule has 0 bridgehead atoms. The predicted molar refractivity (Wildman–Crippen MR) is 258 cm³/mol. The fourth-order valence-corrected chi connectivity index (χ4v) is 15.9. The number of hydrogen-bond acceptors (Lipinski definition) is 12. The van der Waals surface area contributed by atoms with Crippen molar-refractivity contribution < 1.29 is 28.7 Å². The molecule has 4 N–H and O–H groups in total. The van der Waals surface area contributed by atoms with Crippen molar-refractivity contribution in [3.8, 4) is 22.3 Å². The fraction of sp³-hybridized carbons (Fsp3) is 0.478. The summed E-state index contributed by atoms with van der Waals surface area (Å²) in [6.07, 6.45) is 0.295.